The molecule has 5 heteroatoms. The summed E-state index contributed by atoms with van der Waals surface area (Å²) in [7, 11) is 0. The van der Waals surface area contributed by atoms with Crippen molar-refractivity contribution < 1.29 is 9.18 Å². The van der Waals surface area contributed by atoms with E-state index in [2.05, 4.69) is 26.1 Å². The van der Waals surface area contributed by atoms with Gasteiger partial charge in [0.15, 0.2) is 0 Å². The minimum absolute atomic E-state index is 0.0731. The highest BCUT2D eigenvalue weighted by molar-refractivity contribution is 6.04. The summed E-state index contributed by atoms with van der Waals surface area (Å²) in [5, 5.41) is 2.87. The molecule has 142 valence electrons. The van der Waals surface area contributed by atoms with Gasteiger partial charge in [-0.3, -0.25) is 4.79 Å². The number of aromatic nitrogens is 2. The highest BCUT2D eigenvalue weighted by Crippen LogP contribution is 2.66. The van der Waals surface area contributed by atoms with Gasteiger partial charge in [0.05, 0.1) is 22.4 Å². The number of rotatable bonds is 2. The molecule has 0 saturated heterocycles. The van der Waals surface area contributed by atoms with Crippen molar-refractivity contribution in [1.29, 1.82) is 0 Å². The van der Waals surface area contributed by atoms with E-state index in [1.165, 1.54) is 24.3 Å². The standard InChI is InChI=1S/C23H22FN3O/c1-22(2)16-10-11-23(22,3)20-19(16)26-18-12-15(8-9-17(18)27-20)25-21(28)13-4-6-14(24)7-5-13/h4-9,12,16H,10-11H2,1-3H3,(H,25,28). The number of amides is 1. The summed E-state index contributed by atoms with van der Waals surface area (Å²) < 4.78 is 13.1. The second kappa shape index (κ2) is 5.60. The highest BCUT2D eigenvalue weighted by Gasteiger charge is 2.61. The summed E-state index contributed by atoms with van der Waals surface area (Å²) in [4.78, 5) is 22.4. The Morgan fingerprint density at radius 2 is 1.82 bits per heavy atom. The van der Waals surface area contributed by atoms with Crippen molar-refractivity contribution in [2.45, 2.75) is 44.9 Å². The number of halogens is 1. The summed E-state index contributed by atoms with van der Waals surface area (Å²) in [5.74, 6) is -0.208. The number of nitrogens with zero attached hydrogens (tertiary/aromatic N) is 2. The van der Waals surface area contributed by atoms with Crippen LogP contribution in [0.4, 0.5) is 10.1 Å². The highest BCUT2D eigenvalue weighted by atomic mass is 19.1. The van der Waals surface area contributed by atoms with Crippen LogP contribution in [0.3, 0.4) is 0 Å². The van der Waals surface area contributed by atoms with Crippen LogP contribution in [0.25, 0.3) is 11.0 Å². The fourth-order valence-corrected chi connectivity index (χ4v) is 5.00. The average molecular weight is 375 g/mol. The van der Waals surface area contributed by atoms with Crippen LogP contribution in [0.1, 0.15) is 61.3 Å². The Kier molecular flexibility index (Phi) is 3.46. The maximum atomic E-state index is 13.1. The van der Waals surface area contributed by atoms with Crippen LogP contribution in [0.2, 0.25) is 0 Å². The number of carbonyl (C=O) groups excluding carboxylic acids is 1. The minimum Gasteiger partial charge on any atom is -0.322 e. The lowest BCUT2D eigenvalue weighted by molar-refractivity contribution is 0.102. The first-order valence-electron chi connectivity index (χ1n) is 9.69. The first kappa shape index (κ1) is 17.3. The van der Waals surface area contributed by atoms with Crippen LogP contribution in [-0.2, 0) is 5.41 Å². The topological polar surface area (TPSA) is 54.9 Å². The molecule has 0 spiro atoms. The fraction of sp³-hybridized carbons (Fsp3) is 0.348. The van der Waals surface area contributed by atoms with Gasteiger partial charge in [0.2, 0.25) is 0 Å². The van der Waals surface area contributed by atoms with Gasteiger partial charge in [-0.1, -0.05) is 20.8 Å². The monoisotopic (exact) mass is 375 g/mol. The number of benzene rings is 2. The number of fused-ring (bicyclic) bond motifs is 6. The van der Waals surface area contributed by atoms with Gasteiger partial charge in [-0.25, -0.2) is 14.4 Å². The van der Waals surface area contributed by atoms with Crippen LogP contribution in [0.5, 0.6) is 0 Å². The van der Waals surface area contributed by atoms with Gasteiger partial charge < -0.3 is 5.32 Å². The maximum absolute atomic E-state index is 13.1. The van der Waals surface area contributed by atoms with Crippen LogP contribution < -0.4 is 5.32 Å². The Balaban J connectivity index is 1.51. The van der Waals surface area contributed by atoms with Crippen LogP contribution in [-0.4, -0.2) is 15.9 Å². The first-order chi connectivity index (χ1) is 13.3. The van der Waals surface area contributed by atoms with Gasteiger partial charge in [0.25, 0.3) is 5.91 Å². The molecule has 1 fully saturated rings. The third kappa shape index (κ3) is 2.25. The van der Waals surface area contributed by atoms with Gasteiger partial charge in [0, 0.05) is 22.6 Å². The zero-order valence-electron chi connectivity index (χ0n) is 16.2. The van der Waals surface area contributed by atoms with Crippen molar-refractivity contribution in [3.8, 4) is 0 Å². The van der Waals surface area contributed by atoms with Crippen LogP contribution >= 0.6 is 0 Å². The molecule has 0 radical (unpaired) electrons. The van der Waals surface area contributed by atoms with E-state index in [0.29, 0.717) is 17.2 Å². The van der Waals surface area contributed by atoms with Crippen molar-refractivity contribution >= 4 is 22.6 Å². The molecule has 1 N–H and O–H groups in total. The van der Waals surface area contributed by atoms with E-state index in [4.69, 9.17) is 9.97 Å². The van der Waals surface area contributed by atoms with Gasteiger partial charge in [0.1, 0.15) is 5.82 Å². The SMILES string of the molecule is CC12CCC(c3nc4cc(NC(=O)c5ccc(F)cc5)ccc4nc31)C2(C)C. The van der Waals surface area contributed by atoms with Crippen molar-refractivity contribution in [2.75, 3.05) is 5.32 Å². The van der Waals surface area contributed by atoms with E-state index >= 15 is 0 Å². The number of hydrogen-bond acceptors (Lipinski definition) is 3. The second-order valence-electron chi connectivity index (χ2n) is 8.77. The molecular weight excluding hydrogens is 353 g/mol. The molecule has 2 aliphatic carbocycles. The van der Waals surface area contributed by atoms with Gasteiger partial charge in [-0.15, -0.1) is 0 Å². The molecule has 2 bridgehead atoms. The van der Waals surface area contributed by atoms with E-state index in [0.717, 1.165) is 35.3 Å². The lowest BCUT2D eigenvalue weighted by Crippen LogP contribution is -2.31. The predicted octanol–water partition coefficient (Wildman–Crippen LogP) is 5.20. The molecule has 4 nitrogen and oxygen atoms in total. The average Bonchev–Trinajstić information content (AvgIpc) is 2.99. The van der Waals surface area contributed by atoms with Crippen molar-refractivity contribution in [3.63, 3.8) is 0 Å². The van der Waals surface area contributed by atoms with Crippen LogP contribution in [0.15, 0.2) is 42.5 Å². The smallest absolute Gasteiger partial charge is 0.255 e. The third-order valence-corrected chi connectivity index (χ3v) is 7.13. The molecule has 5 rings (SSSR count). The van der Waals surface area contributed by atoms with Crippen molar-refractivity contribution in [2.24, 2.45) is 5.41 Å². The molecule has 28 heavy (non-hydrogen) atoms. The number of carbonyl (C=O) groups is 1. The number of nitrogens with one attached hydrogen (secondary N) is 1. The zero-order chi connectivity index (χ0) is 19.7. The maximum Gasteiger partial charge on any atom is 0.255 e. The molecule has 1 heterocycles. The Morgan fingerprint density at radius 3 is 2.57 bits per heavy atom. The Hall–Kier alpha value is -2.82. The number of anilines is 1. The summed E-state index contributed by atoms with van der Waals surface area (Å²) in [6, 6.07) is 11.1. The largest absolute Gasteiger partial charge is 0.322 e. The summed E-state index contributed by atoms with van der Waals surface area (Å²) >= 11 is 0. The van der Waals surface area contributed by atoms with E-state index in [9.17, 15) is 9.18 Å². The van der Waals surface area contributed by atoms with Gasteiger partial charge >= 0.3 is 0 Å². The molecule has 3 aromatic rings. The zero-order valence-corrected chi connectivity index (χ0v) is 16.2. The second-order valence-corrected chi connectivity index (χ2v) is 8.77. The predicted molar refractivity (Wildman–Crippen MR) is 107 cm³/mol. The van der Waals surface area contributed by atoms with E-state index in [1.54, 1.807) is 0 Å². The summed E-state index contributed by atoms with van der Waals surface area (Å²) in [5.41, 5.74) is 5.21. The van der Waals surface area contributed by atoms with Crippen molar-refractivity contribution in [3.05, 3.63) is 65.2 Å². The lowest BCUT2D eigenvalue weighted by atomic mass is 9.70. The Morgan fingerprint density at radius 1 is 1.07 bits per heavy atom. The first-order valence-corrected chi connectivity index (χ1v) is 9.69. The Labute approximate surface area is 163 Å². The van der Waals surface area contributed by atoms with E-state index in [1.807, 2.05) is 18.2 Å². The lowest BCUT2D eigenvalue weighted by Gasteiger charge is -2.34. The molecule has 2 atom stereocenters. The molecule has 2 aromatic carbocycles. The quantitative estimate of drug-likeness (QED) is 0.670. The molecule has 1 aromatic heterocycles. The van der Waals surface area contributed by atoms with Gasteiger partial charge in [-0.2, -0.15) is 0 Å². The molecule has 1 amide bonds. The summed E-state index contributed by atoms with van der Waals surface area (Å²) in [6.45, 7) is 6.97. The summed E-state index contributed by atoms with van der Waals surface area (Å²) in [6.07, 6.45) is 2.31. The molecule has 2 aliphatic rings. The van der Waals surface area contributed by atoms with Crippen molar-refractivity contribution in [1.82, 2.24) is 9.97 Å². The molecular formula is C23H22FN3O. The minimum atomic E-state index is -0.364. The third-order valence-electron chi connectivity index (χ3n) is 7.13. The molecule has 2 unspecified atom stereocenters. The van der Waals surface area contributed by atoms with Gasteiger partial charge in [-0.05, 0) is 60.7 Å². The van der Waals surface area contributed by atoms with Crippen LogP contribution in [0, 0.1) is 11.2 Å². The Bertz CT molecular complexity index is 1120. The number of hydrogen-bond donors (Lipinski definition) is 1. The van der Waals surface area contributed by atoms with E-state index in [-0.39, 0.29) is 22.6 Å². The fourth-order valence-electron chi connectivity index (χ4n) is 5.00. The molecule has 0 aliphatic heterocycles. The van der Waals surface area contributed by atoms with E-state index < -0.39 is 0 Å². The molecule has 1 saturated carbocycles. The normalized spacial score (nSPS) is 24.4.